The second-order valence-electron chi connectivity index (χ2n) is 6.38. The summed E-state index contributed by atoms with van der Waals surface area (Å²) in [5.41, 5.74) is 4.05. The summed E-state index contributed by atoms with van der Waals surface area (Å²) in [5, 5.41) is 10.7. The molecule has 8 heteroatoms. The standard InChI is InChI=1S/C18H29BrN6O.C2H6/c1-5-7-15(26-6-2)10-20-18-21-11-16(19)17(23-18)22-13(4)25-24-12(3)14-8-9-14;1-2/h11,14-15,25H,4-10H2,1-3H3,(H2,20,21,22,23);1-2H3/b24-12+;. The summed E-state index contributed by atoms with van der Waals surface area (Å²) in [6.07, 6.45) is 6.40. The van der Waals surface area contributed by atoms with Gasteiger partial charge in [-0.15, -0.1) is 0 Å². The van der Waals surface area contributed by atoms with Gasteiger partial charge in [0, 0.05) is 25.1 Å². The third kappa shape index (κ3) is 9.01. The summed E-state index contributed by atoms with van der Waals surface area (Å²) in [5.74, 6) is 2.36. The van der Waals surface area contributed by atoms with E-state index in [1.807, 2.05) is 27.7 Å². The molecular formula is C20H35BrN6O. The van der Waals surface area contributed by atoms with Crippen molar-refractivity contribution >= 4 is 33.4 Å². The normalized spacial score (nSPS) is 14.6. The highest BCUT2D eigenvalue weighted by Crippen LogP contribution is 2.30. The molecule has 1 heterocycles. The first kappa shape index (κ1) is 24.4. The Labute approximate surface area is 178 Å². The Hall–Kier alpha value is -1.67. The quantitative estimate of drug-likeness (QED) is 0.299. The monoisotopic (exact) mass is 454 g/mol. The molecule has 0 spiro atoms. The number of nitrogens with zero attached hydrogens (tertiary/aromatic N) is 3. The van der Waals surface area contributed by atoms with Crippen LogP contribution < -0.4 is 16.1 Å². The van der Waals surface area contributed by atoms with E-state index in [4.69, 9.17) is 4.74 Å². The van der Waals surface area contributed by atoms with Gasteiger partial charge in [0.15, 0.2) is 5.82 Å². The van der Waals surface area contributed by atoms with Crippen molar-refractivity contribution in [3.8, 4) is 0 Å². The molecule has 1 aliphatic rings. The van der Waals surface area contributed by atoms with Gasteiger partial charge < -0.3 is 15.4 Å². The molecule has 2 rings (SSSR count). The number of anilines is 2. The van der Waals surface area contributed by atoms with E-state index < -0.39 is 0 Å². The summed E-state index contributed by atoms with van der Waals surface area (Å²) in [6, 6.07) is 0. The maximum absolute atomic E-state index is 5.72. The van der Waals surface area contributed by atoms with Gasteiger partial charge in [-0.2, -0.15) is 10.1 Å². The van der Waals surface area contributed by atoms with E-state index in [0.717, 1.165) is 23.0 Å². The molecule has 158 valence electrons. The van der Waals surface area contributed by atoms with Gasteiger partial charge >= 0.3 is 0 Å². The van der Waals surface area contributed by atoms with Gasteiger partial charge in [0.1, 0.15) is 5.82 Å². The average Bonchev–Trinajstić information content (AvgIpc) is 3.54. The molecule has 1 fully saturated rings. The lowest BCUT2D eigenvalue weighted by atomic mass is 10.2. The predicted molar refractivity (Wildman–Crippen MR) is 122 cm³/mol. The second-order valence-corrected chi connectivity index (χ2v) is 7.23. The van der Waals surface area contributed by atoms with Gasteiger partial charge in [-0.05, 0) is 55.0 Å². The highest BCUT2D eigenvalue weighted by molar-refractivity contribution is 9.10. The predicted octanol–water partition coefficient (Wildman–Crippen LogP) is 5.14. The molecule has 1 aromatic heterocycles. The van der Waals surface area contributed by atoms with Crippen LogP contribution in [0, 0.1) is 5.92 Å². The topological polar surface area (TPSA) is 83.5 Å². The smallest absolute Gasteiger partial charge is 0.224 e. The molecule has 0 bridgehead atoms. The summed E-state index contributed by atoms with van der Waals surface area (Å²) in [7, 11) is 0. The second kappa shape index (κ2) is 13.5. The third-order valence-corrected chi connectivity index (χ3v) is 4.63. The van der Waals surface area contributed by atoms with E-state index in [9.17, 15) is 0 Å². The van der Waals surface area contributed by atoms with Crippen LogP contribution in [0.5, 0.6) is 0 Å². The van der Waals surface area contributed by atoms with Crippen LogP contribution in [-0.2, 0) is 4.74 Å². The zero-order valence-corrected chi connectivity index (χ0v) is 19.4. The zero-order chi connectivity index (χ0) is 20.9. The summed E-state index contributed by atoms with van der Waals surface area (Å²) < 4.78 is 6.47. The average molecular weight is 455 g/mol. The zero-order valence-electron chi connectivity index (χ0n) is 17.8. The Balaban J connectivity index is 0.00000190. The van der Waals surface area contributed by atoms with E-state index in [2.05, 4.69) is 60.6 Å². The Morgan fingerprint density at radius 1 is 1.39 bits per heavy atom. The van der Waals surface area contributed by atoms with Crippen LogP contribution in [0.2, 0.25) is 0 Å². The van der Waals surface area contributed by atoms with E-state index in [0.29, 0.717) is 36.7 Å². The number of halogens is 1. The summed E-state index contributed by atoms with van der Waals surface area (Å²) >= 11 is 3.46. The summed E-state index contributed by atoms with van der Waals surface area (Å²) in [6.45, 7) is 15.5. The number of rotatable bonds is 12. The first-order valence-electron chi connectivity index (χ1n) is 10.2. The van der Waals surface area contributed by atoms with Crippen LogP contribution >= 0.6 is 15.9 Å². The number of hydrogen-bond acceptors (Lipinski definition) is 7. The molecule has 1 aliphatic carbocycles. The minimum atomic E-state index is 0.157. The van der Waals surface area contributed by atoms with E-state index >= 15 is 0 Å². The lowest BCUT2D eigenvalue weighted by molar-refractivity contribution is 0.0654. The highest BCUT2D eigenvalue weighted by Gasteiger charge is 2.24. The van der Waals surface area contributed by atoms with Crippen LogP contribution in [0.4, 0.5) is 11.8 Å². The van der Waals surface area contributed by atoms with Crippen LogP contribution in [0.1, 0.15) is 60.3 Å². The molecule has 0 aliphatic heterocycles. The minimum Gasteiger partial charge on any atom is -0.377 e. The lowest BCUT2D eigenvalue weighted by Gasteiger charge is -2.17. The van der Waals surface area contributed by atoms with Crippen molar-refractivity contribution in [2.24, 2.45) is 11.0 Å². The van der Waals surface area contributed by atoms with Crippen molar-refractivity contribution in [3.05, 3.63) is 23.1 Å². The third-order valence-electron chi connectivity index (χ3n) is 4.05. The lowest BCUT2D eigenvalue weighted by Crippen LogP contribution is -2.24. The molecule has 1 atom stereocenters. The first-order valence-corrected chi connectivity index (χ1v) is 11.0. The molecule has 28 heavy (non-hydrogen) atoms. The van der Waals surface area contributed by atoms with Crippen LogP contribution in [-0.4, -0.2) is 34.9 Å². The van der Waals surface area contributed by atoms with Crippen molar-refractivity contribution in [3.63, 3.8) is 0 Å². The van der Waals surface area contributed by atoms with Crippen molar-refractivity contribution in [2.45, 2.75) is 66.4 Å². The SMILES string of the molecule is C=C(N/N=C(\C)C1CC1)Nc1nc(NCC(CCC)OCC)ncc1Br.CC. The summed E-state index contributed by atoms with van der Waals surface area (Å²) in [4.78, 5) is 8.80. The molecule has 0 aromatic carbocycles. The van der Waals surface area contributed by atoms with Crippen molar-refractivity contribution < 1.29 is 4.74 Å². The van der Waals surface area contributed by atoms with Crippen molar-refractivity contribution in [2.75, 3.05) is 23.8 Å². The molecule has 7 nitrogen and oxygen atoms in total. The van der Waals surface area contributed by atoms with E-state index in [1.165, 1.54) is 12.8 Å². The largest absolute Gasteiger partial charge is 0.377 e. The maximum atomic E-state index is 5.72. The minimum absolute atomic E-state index is 0.157. The molecule has 0 amide bonds. The van der Waals surface area contributed by atoms with Gasteiger partial charge in [0.05, 0.1) is 10.6 Å². The van der Waals surface area contributed by atoms with Crippen molar-refractivity contribution in [1.29, 1.82) is 0 Å². The van der Waals surface area contributed by atoms with Gasteiger partial charge in [0.25, 0.3) is 0 Å². The first-order chi connectivity index (χ1) is 13.5. The van der Waals surface area contributed by atoms with Crippen LogP contribution in [0.25, 0.3) is 0 Å². The fraction of sp³-hybridized carbons (Fsp3) is 0.650. The Bertz CT molecular complexity index is 627. The van der Waals surface area contributed by atoms with Crippen LogP contribution in [0.3, 0.4) is 0 Å². The van der Waals surface area contributed by atoms with Gasteiger partial charge in [-0.1, -0.05) is 33.8 Å². The van der Waals surface area contributed by atoms with Gasteiger partial charge in [0.2, 0.25) is 5.95 Å². The molecule has 1 unspecified atom stereocenters. The molecule has 3 N–H and O–H groups in total. The van der Waals surface area contributed by atoms with Gasteiger partial charge in [-0.25, -0.2) is 4.98 Å². The Morgan fingerprint density at radius 2 is 2.11 bits per heavy atom. The number of hydrazone groups is 1. The number of hydrogen-bond donors (Lipinski definition) is 3. The number of aromatic nitrogens is 2. The van der Waals surface area contributed by atoms with E-state index in [-0.39, 0.29) is 6.10 Å². The highest BCUT2D eigenvalue weighted by atomic mass is 79.9. The maximum Gasteiger partial charge on any atom is 0.224 e. The Morgan fingerprint density at radius 3 is 2.71 bits per heavy atom. The molecule has 1 saturated carbocycles. The molecule has 1 aromatic rings. The number of nitrogens with one attached hydrogen (secondary N) is 3. The number of ether oxygens (including phenoxy) is 1. The molecule has 0 radical (unpaired) electrons. The van der Waals surface area contributed by atoms with Crippen LogP contribution in [0.15, 0.2) is 28.2 Å². The van der Waals surface area contributed by atoms with Crippen molar-refractivity contribution in [1.82, 2.24) is 15.4 Å². The molecular weight excluding hydrogens is 420 g/mol. The fourth-order valence-electron chi connectivity index (χ4n) is 2.47. The Kier molecular flexibility index (Phi) is 11.7. The fourth-order valence-corrected chi connectivity index (χ4v) is 2.76. The van der Waals surface area contributed by atoms with Gasteiger partial charge in [-0.3, -0.25) is 5.43 Å². The van der Waals surface area contributed by atoms with E-state index in [1.54, 1.807) is 6.20 Å². The molecule has 0 saturated heterocycles.